The van der Waals surface area contributed by atoms with Crippen LogP contribution in [0.4, 0.5) is 5.69 Å². The van der Waals surface area contributed by atoms with E-state index in [4.69, 9.17) is 21.1 Å². The number of halogens is 1. The van der Waals surface area contributed by atoms with Crippen molar-refractivity contribution in [2.75, 3.05) is 38.3 Å². The van der Waals surface area contributed by atoms with Crippen LogP contribution in [0, 0.1) is 0 Å². The first kappa shape index (κ1) is 27.4. The van der Waals surface area contributed by atoms with Gasteiger partial charge in [-0.2, -0.15) is 4.31 Å². The topological polar surface area (TPSA) is 72.0 Å². The highest BCUT2D eigenvalue weighted by Crippen LogP contribution is 2.35. The minimum atomic E-state index is -3.79. The van der Waals surface area contributed by atoms with Gasteiger partial charge in [-0.3, -0.25) is 0 Å². The van der Waals surface area contributed by atoms with Crippen LogP contribution in [-0.2, 0) is 21.2 Å². The number of fused-ring (bicyclic) bond motifs is 1. The number of pyridine rings is 1. The Balaban J connectivity index is 1.42. The second-order valence-corrected chi connectivity index (χ2v) is 12.0. The van der Waals surface area contributed by atoms with E-state index in [1.165, 1.54) is 4.31 Å². The molecule has 4 aromatic rings. The average Bonchev–Trinajstić information content (AvgIpc) is 2.97. The Kier molecular flexibility index (Phi) is 8.09. The van der Waals surface area contributed by atoms with Gasteiger partial charge in [0, 0.05) is 60.1 Å². The predicted molar refractivity (Wildman–Crippen MR) is 155 cm³/mol. The zero-order valence-electron chi connectivity index (χ0n) is 22.3. The van der Waals surface area contributed by atoms with Gasteiger partial charge in [0.15, 0.2) is 0 Å². The van der Waals surface area contributed by atoms with Crippen LogP contribution in [0.2, 0.25) is 5.02 Å². The van der Waals surface area contributed by atoms with E-state index in [1.54, 1.807) is 37.5 Å². The summed E-state index contributed by atoms with van der Waals surface area (Å²) < 4.78 is 40.5. The lowest BCUT2D eigenvalue weighted by Crippen LogP contribution is -2.36. The number of hydrogen-bond donors (Lipinski definition) is 0. The van der Waals surface area contributed by atoms with Gasteiger partial charge in [-0.15, -0.1) is 0 Å². The maximum atomic E-state index is 13.7. The number of aromatic nitrogens is 1. The van der Waals surface area contributed by atoms with Gasteiger partial charge in [0.1, 0.15) is 5.75 Å². The Morgan fingerprint density at radius 3 is 2.62 bits per heavy atom. The molecule has 1 atom stereocenters. The third-order valence-electron chi connectivity index (χ3n) is 7.29. The molecule has 1 unspecified atom stereocenters. The van der Waals surface area contributed by atoms with Crippen LogP contribution >= 0.6 is 11.6 Å². The average molecular weight is 566 g/mol. The molecule has 0 bridgehead atoms. The standard InChI is InChI=1S/C30H32ClN3O4S/c1-4-26-27(13-14-32-30(26)38-24-9-6-8-23(20-24)34-15-17-37-18-16-34)21(2)33(3)39(35,36)25-11-12-28-22(19-25)7-5-10-29(28)31/h5-14,19-21H,4,15-18H2,1-3H3. The van der Waals surface area contributed by atoms with Crippen molar-refractivity contribution >= 4 is 38.1 Å². The van der Waals surface area contributed by atoms with E-state index in [2.05, 4.69) is 16.0 Å². The summed E-state index contributed by atoms with van der Waals surface area (Å²) in [7, 11) is -2.19. The summed E-state index contributed by atoms with van der Waals surface area (Å²) in [6.07, 6.45) is 2.30. The summed E-state index contributed by atoms with van der Waals surface area (Å²) in [5.41, 5.74) is 2.79. The molecular weight excluding hydrogens is 534 g/mol. The summed E-state index contributed by atoms with van der Waals surface area (Å²) in [6.45, 7) is 6.98. The first-order valence-electron chi connectivity index (χ1n) is 13.0. The molecule has 1 saturated heterocycles. The molecule has 9 heteroatoms. The number of rotatable bonds is 8. The monoisotopic (exact) mass is 565 g/mol. The first-order chi connectivity index (χ1) is 18.8. The number of sulfonamides is 1. The largest absolute Gasteiger partial charge is 0.439 e. The molecule has 0 aliphatic carbocycles. The van der Waals surface area contributed by atoms with E-state index in [9.17, 15) is 8.42 Å². The maximum absolute atomic E-state index is 13.7. The fraction of sp³-hybridized carbons (Fsp3) is 0.300. The van der Waals surface area contributed by atoms with Crippen molar-refractivity contribution in [1.82, 2.24) is 9.29 Å². The highest BCUT2D eigenvalue weighted by molar-refractivity contribution is 7.89. The van der Waals surface area contributed by atoms with Gasteiger partial charge in [-0.1, -0.05) is 42.8 Å². The lowest BCUT2D eigenvalue weighted by atomic mass is 10.0. The number of benzene rings is 3. The molecule has 2 heterocycles. The molecule has 5 rings (SSSR count). The lowest BCUT2D eigenvalue weighted by molar-refractivity contribution is 0.122. The van der Waals surface area contributed by atoms with Crippen LogP contribution < -0.4 is 9.64 Å². The van der Waals surface area contributed by atoms with E-state index in [1.807, 2.05) is 50.2 Å². The Morgan fingerprint density at radius 2 is 1.85 bits per heavy atom. The summed E-state index contributed by atoms with van der Waals surface area (Å²) in [6, 6.07) is 19.9. The van der Waals surface area contributed by atoms with Gasteiger partial charge in [0.25, 0.3) is 0 Å². The quantitative estimate of drug-likeness (QED) is 0.244. The second kappa shape index (κ2) is 11.5. The molecule has 3 aromatic carbocycles. The maximum Gasteiger partial charge on any atom is 0.243 e. The zero-order chi connectivity index (χ0) is 27.6. The zero-order valence-corrected chi connectivity index (χ0v) is 23.9. The Labute approximate surface area is 235 Å². The number of morpholine rings is 1. The Bertz CT molecular complexity index is 1590. The predicted octanol–water partition coefficient (Wildman–Crippen LogP) is 6.46. The molecule has 0 saturated carbocycles. The summed E-state index contributed by atoms with van der Waals surface area (Å²) >= 11 is 6.29. The molecule has 0 amide bonds. The molecular formula is C30H32ClN3O4S. The van der Waals surface area contributed by atoms with Crippen molar-refractivity contribution in [1.29, 1.82) is 0 Å². The lowest BCUT2D eigenvalue weighted by Gasteiger charge is -2.29. The van der Waals surface area contributed by atoms with Crippen LogP contribution in [0.5, 0.6) is 11.6 Å². The molecule has 0 spiro atoms. The second-order valence-electron chi connectivity index (χ2n) is 9.56. The van der Waals surface area contributed by atoms with Crippen LogP contribution in [0.25, 0.3) is 10.8 Å². The van der Waals surface area contributed by atoms with Crippen molar-refractivity contribution in [2.45, 2.75) is 31.2 Å². The van der Waals surface area contributed by atoms with Crippen LogP contribution in [-0.4, -0.2) is 51.1 Å². The minimum Gasteiger partial charge on any atom is -0.439 e. The molecule has 1 aromatic heterocycles. The summed E-state index contributed by atoms with van der Waals surface area (Å²) in [5, 5.41) is 2.18. The number of nitrogens with zero attached hydrogens (tertiary/aromatic N) is 3. The highest BCUT2D eigenvalue weighted by atomic mass is 35.5. The normalized spacial score (nSPS) is 15.1. The minimum absolute atomic E-state index is 0.218. The molecule has 0 radical (unpaired) electrons. The van der Waals surface area contributed by atoms with Crippen molar-refractivity contribution in [3.05, 3.63) is 89.1 Å². The number of hydrogen-bond acceptors (Lipinski definition) is 6. The van der Waals surface area contributed by atoms with E-state index in [-0.39, 0.29) is 4.90 Å². The highest BCUT2D eigenvalue weighted by Gasteiger charge is 2.29. The molecule has 7 nitrogen and oxygen atoms in total. The number of ether oxygens (including phenoxy) is 2. The smallest absolute Gasteiger partial charge is 0.243 e. The van der Waals surface area contributed by atoms with Crippen molar-refractivity contribution < 1.29 is 17.9 Å². The Hall–Kier alpha value is -3.17. The SMILES string of the molecule is CCc1c(C(C)N(C)S(=O)(=O)c2ccc3c(Cl)cccc3c2)ccnc1Oc1cccc(N2CCOCC2)c1. The van der Waals surface area contributed by atoms with Gasteiger partial charge >= 0.3 is 0 Å². The van der Waals surface area contributed by atoms with E-state index in [0.29, 0.717) is 36.3 Å². The summed E-state index contributed by atoms with van der Waals surface area (Å²) in [4.78, 5) is 7.00. The van der Waals surface area contributed by atoms with Crippen molar-refractivity contribution in [3.8, 4) is 11.6 Å². The molecule has 39 heavy (non-hydrogen) atoms. The van der Waals surface area contributed by atoms with E-state index < -0.39 is 16.1 Å². The molecule has 1 fully saturated rings. The van der Waals surface area contributed by atoms with Crippen LogP contribution in [0.3, 0.4) is 0 Å². The van der Waals surface area contributed by atoms with E-state index >= 15 is 0 Å². The number of anilines is 1. The van der Waals surface area contributed by atoms with Gasteiger partial charge in [-0.05, 0) is 60.7 Å². The van der Waals surface area contributed by atoms with Crippen molar-refractivity contribution in [2.24, 2.45) is 0 Å². The van der Waals surface area contributed by atoms with E-state index in [0.717, 1.165) is 40.7 Å². The fourth-order valence-corrected chi connectivity index (χ4v) is 6.57. The molecule has 1 aliphatic rings. The molecule has 204 valence electrons. The van der Waals surface area contributed by atoms with Gasteiger partial charge < -0.3 is 14.4 Å². The van der Waals surface area contributed by atoms with Crippen molar-refractivity contribution in [3.63, 3.8) is 0 Å². The van der Waals surface area contributed by atoms with Gasteiger partial charge in [-0.25, -0.2) is 13.4 Å². The fourth-order valence-electron chi connectivity index (χ4n) is 4.95. The first-order valence-corrected chi connectivity index (χ1v) is 14.9. The van der Waals surface area contributed by atoms with Gasteiger partial charge in [0.2, 0.25) is 15.9 Å². The van der Waals surface area contributed by atoms with Crippen LogP contribution in [0.15, 0.2) is 77.8 Å². The third kappa shape index (κ3) is 5.61. The van der Waals surface area contributed by atoms with Gasteiger partial charge in [0.05, 0.1) is 18.1 Å². The molecule has 0 N–H and O–H groups in total. The van der Waals surface area contributed by atoms with Crippen LogP contribution in [0.1, 0.15) is 31.0 Å². The Morgan fingerprint density at radius 1 is 1.08 bits per heavy atom. The summed E-state index contributed by atoms with van der Waals surface area (Å²) in [5.74, 6) is 1.16. The third-order valence-corrected chi connectivity index (χ3v) is 9.54. The molecule has 1 aliphatic heterocycles.